The number of rotatable bonds is 3. The minimum Gasteiger partial charge on any atom is -0.147 e. The normalized spacial score (nSPS) is 17.8. The van der Waals surface area contributed by atoms with Crippen LogP contribution < -0.4 is 5.19 Å². The first-order valence-electron chi connectivity index (χ1n) is 10.6. The van der Waals surface area contributed by atoms with Crippen molar-refractivity contribution in [1.82, 2.24) is 0 Å². The largest absolute Gasteiger partial charge is 0.147 e. The second-order valence-electron chi connectivity index (χ2n) is 11.1. The van der Waals surface area contributed by atoms with Crippen LogP contribution in [0.3, 0.4) is 0 Å². The van der Waals surface area contributed by atoms with Crippen molar-refractivity contribution in [2.45, 2.75) is 90.5 Å². The molecule has 0 N–H and O–H groups in total. The van der Waals surface area contributed by atoms with Crippen molar-refractivity contribution in [3.8, 4) is 0 Å². The Balaban J connectivity index is 0. The molecule has 0 amide bonds. The molecule has 1 aliphatic rings. The van der Waals surface area contributed by atoms with Gasteiger partial charge >= 0.3 is 175 Å². The van der Waals surface area contributed by atoms with E-state index < -0.39 is 23.2 Å². The van der Waals surface area contributed by atoms with Crippen LogP contribution in [0.2, 0.25) is 7.44 Å². The van der Waals surface area contributed by atoms with Gasteiger partial charge in [0, 0.05) is 0 Å². The van der Waals surface area contributed by atoms with Gasteiger partial charge in [-0.15, -0.1) is 37.2 Å². The first-order chi connectivity index (χ1) is 12.1. The molecule has 30 heavy (non-hydrogen) atoms. The average Bonchev–Trinajstić information content (AvgIpc) is 2.66. The maximum Gasteiger partial charge on any atom is -0.147 e. The summed E-state index contributed by atoms with van der Waals surface area (Å²) < 4.78 is 2.73. The molecule has 0 radical (unpaired) electrons. The predicted octanol–water partition coefficient (Wildman–Crippen LogP) is 8.13. The van der Waals surface area contributed by atoms with E-state index in [2.05, 4.69) is 101 Å². The van der Waals surface area contributed by atoms with E-state index in [9.17, 15) is 0 Å². The molecule has 1 unspecified atom stereocenters. The molecule has 0 saturated carbocycles. The molecule has 1 atom stereocenters. The maximum atomic E-state index is 2.57. The molecule has 2 rings (SSSR count). The Morgan fingerprint density at radius 1 is 0.700 bits per heavy atom. The molecular formula is C25H45Cl3SiTi. The van der Waals surface area contributed by atoms with Crippen molar-refractivity contribution in [2.75, 3.05) is 0 Å². The summed E-state index contributed by atoms with van der Waals surface area (Å²) in [5, 5.41) is 1.70. The summed E-state index contributed by atoms with van der Waals surface area (Å²) in [5.74, 6) is 0.641. The van der Waals surface area contributed by atoms with Crippen molar-refractivity contribution >= 4 is 49.8 Å². The zero-order valence-corrected chi connectivity index (χ0v) is 26.7. The van der Waals surface area contributed by atoms with E-state index in [1.807, 2.05) is 3.88 Å². The van der Waals surface area contributed by atoms with E-state index in [1.54, 1.807) is 21.9 Å². The van der Waals surface area contributed by atoms with Crippen LogP contribution in [0, 0.1) is 19.8 Å². The van der Waals surface area contributed by atoms with Crippen LogP contribution in [0.1, 0.15) is 80.4 Å². The van der Waals surface area contributed by atoms with E-state index in [0.29, 0.717) is 13.4 Å². The Morgan fingerprint density at radius 2 is 1.10 bits per heavy atom. The fraction of sp³-hybridized carbons (Fsp3) is 0.600. The fourth-order valence-corrected chi connectivity index (χ4v) is 29.7. The third-order valence-corrected chi connectivity index (χ3v) is 34.2. The van der Waals surface area contributed by atoms with Gasteiger partial charge in [0.05, 0.1) is 0 Å². The summed E-state index contributed by atoms with van der Waals surface area (Å²) >= 11 is -2.49. The number of hydrogen-bond acceptors (Lipinski definition) is 0. The van der Waals surface area contributed by atoms with E-state index in [0.717, 1.165) is 0 Å². The number of benzene rings is 1. The van der Waals surface area contributed by atoms with Gasteiger partial charge in [-0.05, 0) is 0 Å². The molecule has 0 aliphatic heterocycles. The quantitative estimate of drug-likeness (QED) is 0.348. The molecule has 0 fully saturated rings. The van der Waals surface area contributed by atoms with Gasteiger partial charge in [-0.3, -0.25) is 0 Å². The molecule has 1 aromatic carbocycles. The first-order valence-corrected chi connectivity index (χ1v) is 17.7. The minimum absolute atomic E-state index is 0. The van der Waals surface area contributed by atoms with E-state index in [4.69, 9.17) is 0 Å². The number of allylic oxidation sites excluding steroid dienone is 4. The predicted molar refractivity (Wildman–Crippen MR) is 146 cm³/mol. The Kier molecular flexibility index (Phi) is 12.1. The average molecular weight is 528 g/mol. The smallest absolute Gasteiger partial charge is 0.147 e. The fourth-order valence-electron chi connectivity index (χ4n) is 6.09. The van der Waals surface area contributed by atoms with Crippen LogP contribution in [0.5, 0.6) is 0 Å². The second kappa shape index (κ2) is 11.1. The summed E-state index contributed by atoms with van der Waals surface area (Å²) in [6, 6.07) is 7.36. The van der Waals surface area contributed by atoms with E-state index in [1.165, 1.54) is 11.1 Å². The summed E-state index contributed by atoms with van der Waals surface area (Å²) in [4.78, 5) is 0. The van der Waals surface area contributed by atoms with Crippen molar-refractivity contribution in [1.29, 1.82) is 0 Å². The number of hydrogen-bond donors (Lipinski definition) is 0. The Hall–Kier alpha value is 0.501. The van der Waals surface area contributed by atoms with Gasteiger partial charge in [0.25, 0.3) is 0 Å². The SMILES string of the molecule is CC1=C(C)C(C)[C]([Ti]([SiH2]c2cc(C)cc(C)c2)([C](C)(C)C)[C](C)(C)C)=C1C.Cl.Cl.Cl. The molecule has 0 heterocycles. The van der Waals surface area contributed by atoms with Crippen molar-refractivity contribution < 1.29 is 15.8 Å². The third-order valence-electron chi connectivity index (χ3n) is 7.41. The molecule has 0 nitrogen and oxygen atoms in total. The molecular weight excluding hydrogens is 483 g/mol. The second-order valence-corrected chi connectivity index (χ2v) is 26.7. The van der Waals surface area contributed by atoms with Crippen LogP contribution in [-0.4, -0.2) is 7.39 Å². The van der Waals surface area contributed by atoms with Crippen LogP contribution in [0.15, 0.2) is 38.8 Å². The van der Waals surface area contributed by atoms with Crippen LogP contribution in [0.25, 0.3) is 0 Å². The molecule has 0 saturated heterocycles. The van der Waals surface area contributed by atoms with Crippen LogP contribution >= 0.6 is 37.2 Å². The first kappa shape index (κ1) is 32.7. The standard InChI is InChI=1S/C9H13.C8H11Si.2C4H9.3ClH.Ti/c1-6-5-7(2)9(4)8(6)3;1-6-3-7(2)5-8(9)4-6;2*1-4(2)3;;;;/h6H,1-4H3;3-5H,9H2,1-2H3;2*1-3H3;3*1H;. The van der Waals surface area contributed by atoms with Gasteiger partial charge < -0.3 is 0 Å². The molecule has 0 spiro atoms. The molecule has 5 heteroatoms. The topological polar surface area (TPSA) is 0 Å². The maximum absolute atomic E-state index is 2.57. The third kappa shape index (κ3) is 5.70. The molecule has 174 valence electrons. The Labute approximate surface area is 210 Å². The zero-order valence-electron chi connectivity index (χ0n) is 21.2. The zero-order chi connectivity index (χ0) is 20.9. The van der Waals surface area contributed by atoms with Crippen molar-refractivity contribution in [2.24, 2.45) is 5.92 Å². The van der Waals surface area contributed by atoms with Gasteiger partial charge in [-0.2, -0.15) is 0 Å². The number of halogens is 3. The van der Waals surface area contributed by atoms with Gasteiger partial charge in [0.2, 0.25) is 0 Å². The molecule has 0 bridgehead atoms. The summed E-state index contributed by atoms with van der Waals surface area (Å²) in [6.07, 6.45) is 0. The van der Waals surface area contributed by atoms with Gasteiger partial charge in [-0.25, -0.2) is 0 Å². The Morgan fingerprint density at radius 3 is 1.40 bits per heavy atom. The summed E-state index contributed by atoms with van der Waals surface area (Å²) in [5.41, 5.74) is 7.73. The molecule has 0 aromatic heterocycles. The van der Waals surface area contributed by atoms with E-state index in [-0.39, 0.29) is 37.2 Å². The minimum atomic E-state index is -2.49. The molecule has 1 aromatic rings. The van der Waals surface area contributed by atoms with Crippen molar-refractivity contribution in [3.05, 3.63) is 49.9 Å². The van der Waals surface area contributed by atoms with Crippen LogP contribution in [0.4, 0.5) is 0 Å². The van der Waals surface area contributed by atoms with Gasteiger partial charge in [-0.1, -0.05) is 0 Å². The van der Waals surface area contributed by atoms with Gasteiger partial charge in [0.1, 0.15) is 0 Å². The summed E-state index contributed by atoms with van der Waals surface area (Å²) in [7, 11) is -0.391. The Bertz CT molecular complexity index is 776. The van der Waals surface area contributed by atoms with Gasteiger partial charge in [0.15, 0.2) is 0 Å². The van der Waals surface area contributed by atoms with E-state index >= 15 is 0 Å². The van der Waals surface area contributed by atoms with Crippen LogP contribution in [-0.2, 0) is 15.8 Å². The molecule has 1 aliphatic carbocycles. The summed E-state index contributed by atoms with van der Waals surface area (Å²) in [6.45, 7) is 29.7. The number of aryl methyl sites for hydroxylation is 2. The monoisotopic (exact) mass is 526 g/mol. The van der Waals surface area contributed by atoms with Crippen molar-refractivity contribution in [3.63, 3.8) is 0 Å².